The maximum absolute atomic E-state index is 4.51. The number of hydrogen-bond acceptors (Lipinski definition) is 3. The molecule has 1 N–H and O–H groups in total. The van der Waals surface area contributed by atoms with E-state index in [-0.39, 0.29) is 0 Å². The van der Waals surface area contributed by atoms with Gasteiger partial charge in [-0.25, -0.2) is 4.98 Å². The van der Waals surface area contributed by atoms with Gasteiger partial charge in [0.15, 0.2) is 0 Å². The summed E-state index contributed by atoms with van der Waals surface area (Å²) in [5.74, 6) is 1.77. The molecule has 3 heteroatoms. The maximum atomic E-state index is 4.51. The van der Waals surface area contributed by atoms with Gasteiger partial charge < -0.3 is 10.2 Å². The van der Waals surface area contributed by atoms with Crippen molar-refractivity contribution >= 4 is 5.82 Å². The fourth-order valence-corrected chi connectivity index (χ4v) is 2.39. The van der Waals surface area contributed by atoms with Crippen molar-refractivity contribution in [3.05, 3.63) is 23.9 Å². The highest BCUT2D eigenvalue weighted by atomic mass is 15.2. The molecule has 0 aromatic carbocycles. The van der Waals surface area contributed by atoms with Gasteiger partial charge in [0.25, 0.3) is 0 Å². The van der Waals surface area contributed by atoms with Gasteiger partial charge in [0, 0.05) is 25.3 Å². The second-order valence-electron chi connectivity index (χ2n) is 5.82. The van der Waals surface area contributed by atoms with E-state index in [4.69, 9.17) is 0 Å². The highest BCUT2D eigenvalue weighted by Crippen LogP contribution is 2.20. The molecule has 1 heterocycles. The summed E-state index contributed by atoms with van der Waals surface area (Å²) in [6.45, 7) is 12.1. The molecule has 1 aromatic rings. The van der Waals surface area contributed by atoms with E-state index in [0.717, 1.165) is 12.4 Å². The topological polar surface area (TPSA) is 28.2 Å². The lowest BCUT2D eigenvalue weighted by molar-refractivity contribution is 0.501. The lowest BCUT2D eigenvalue weighted by Crippen LogP contribution is -2.31. The highest BCUT2D eigenvalue weighted by Gasteiger charge is 2.14. The Labute approximate surface area is 118 Å². The molecule has 0 bridgehead atoms. The summed E-state index contributed by atoms with van der Waals surface area (Å²) in [6, 6.07) is 5.18. The molecule has 2 unspecified atom stereocenters. The number of nitrogens with one attached hydrogen (secondary N) is 1. The first-order valence-electron chi connectivity index (χ1n) is 7.37. The van der Waals surface area contributed by atoms with Crippen molar-refractivity contribution in [3.8, 4) is 0 Å². The molecular formula is C16H29N3. The Morgan fingerprint density at radius 2 is 1.95 bits per heavy atom. The third kappa shape index (κ3) is 4.83. The van der Waals surface area contributed by atoms with E-state index in [1.54, 1.807) is 0 Å². The molecule has 0 aliphatic carbocycles. The Balaban J connectivity index is 2.80. The number of nitrogens with zero attached hydrogens (tertiary/aromatic N) is 2. The summed E-state index contributed by atoms with van der Waals surface area (Å²) in [6.07, 6.45) is 3.10. The third-order valence-corrected chi connectivity index (χ3v) is 3.61. The second-order valence-corrected chi connectivity index (χ2v) is 5.82. The van der Waals surface area contributed by atoms with Crippen molar-refractivity contribution in [2.45, 2.75) is 53.1 Å². The minimum atomic E-state index is 0.376. The zero-order chi connectivity index (χ0) is 14.4. The summed E-state index contributed by atoms with van der Waals surface area (Å²) >= 11 is 0. The van der Waals surface area contributed by atoms with Crippen molar-refractivity contribution in [1.82, 2.24) is 10.3 Å². The fraction of sp³-hybridized carbons (Fsp3) is 0.688. The molecule has 1 aromatic heterocycles. The molecule has 3 nitrogen and oxygen atoms in total. The SMILES string of the molecule is CCNC(C)c1ccnc(N(C)C(C)CC(C)C)c1. The van der Waals surface area contributed by atoms with Crippen molar-refractivity contribution in [2.75, 3.05) is 18.5 Å². The predicted octanol–water partition coefficient (Wildman–Crippen LogP) is 3.62. The Kier molecular flexibility index (Phi) is 6.29. The van der Waals surface area contributed by atoms with Gasteiger partial charge in [0.1, 0.15) is 5.82 Å². The van der Waals surface area contributed by atoms with E-state index in [2.05, 4.69) is 69.0 Å². The van der Waals surface area contributed by atoms with Gasteiger partial charge in [0.05, 0.1) is 0 Å². The quantitative estimate of drug-likeness (QED) is 0.814. The summed E-state index contributed by atoms with van der Waals surface area (Å²) in [4.78, 5) is 6.79. The van der Waals surface area contributed by atoms with Gasteiger partial charge in [-0.2, -0.15) is 0 Å². The molecule has 0 spiro atoms. The molecule has 0 fully saturated rings. The molecule has 2 atom stereocenters. The molecule has 0 amide bonds. The largest absolute Gasteiger partial charge is 0.357 e. The molecule has 1 rings (SSSR count). The van der Waals surface area contributed by atoms with Gasteiger partial charge in [-0.05, 0) is 50.4 Å². The van der Waals surface area contributed by atoms with E-state index in [1.165, 1.54) is 12.0 Å². The predicted molar refractivity (Wildman–Crippen MR) is 83.6 cm³/mol. The van der Waals surface area contributed by atoms with Crippen molar-refractivity contribution in [3.63, 3.8) is 0 Å². The second kappa shape index (κ2) is 7.49. The van der Waals surface area contributed by atoms with Gasteiger partial charge in [0.2, 0.25) is 0 Å². The van der Waals surface area contributed by atoms with Crippen molar-refractivity contribution in [2.24, 2.45) is 5.92 Å². The summed E-state index contributed by atoms with van der Waals surface area (Å²) in [5.41, 5.74) is 1.30. The third-order valence-electron chi connectivity index (χ3n) is 3.61. The van der Waals surface area contributed by atoms with Crippen LogP contribution >= 0.6 is 0 Å². The van der Waals surface area contributed by atoms with Crippen LogP contribution in [0.5, 0.6) is 0 Å². The number of rotatable bonds is 7. The molecular weight excluding hydrogens is 234 g/mol. The highest BCUT2D eigenvalue weighted by molar-refractivity contribution is 5.41. The summed E-state index contributed by atoms with van der Waals surface area (Å²) in [5, 5.41) is 3.44. The van der Waals surface area contributed by atoms with Crippen LogP contribution < -0.4 is 10.2 Å². The van der Waals surface area contributed by atoms with Gasteiger partial charge >= 0.3 is 0 Å². The lowest BCUT2D eigenvalue weighted by Gasteiger charge is -2.28. The van der Waals surface area contributed by atoms with Crippen LogP contribution in [0.25, 0.3) is 0 Å². The van der Waals surface area contributed by atoms with Crippen molar-refractivity contribution < 1.29 is 0 Å². The van der Waals surface area contributed by atoms with Crippen LogP contribution in [-0.4, -0.2) is 24.6 Å². The fourth-order valence-electron chi connectivity index (χ4n) is 2.39. The van der Waals surface area contributed by atoms with Crippen LogP contribution in [0, 0.1) is 5.92 Å². The summed E-state index contributed by atoms with van der Waals surface area (Å²) in [7, 11) is 2.14. The minimum Gasteiger partial charge on any atom is -0.357 e. The first-order chi connectivity index (χ1) is 8.95. The first kappa shape index (κ1) is 16.0. The molecule has 0 saturated carbocycles. The molecule has 19 heavy (non-hydrogen) atoms. The number of anilines is 1. The molecule has 0 aliphatic rings. The minimum absolute atomic E-state index is 0.376. The molecule has 108 valence electrons. The Hall–Kier alpha value is -1.09. The van der Waals surface area contributed by atoms with Crippen LogP contribution in [0.15, 0.2) is 18.3 Å². The lowest BCUT2D eigenvalue weighted by atomic mass is 10.0. The Bertz CT molecular complexity index is 376. The number of aromatic nitrogens is 1. The monoisotopic (exact) mass is 263 g/mol. The molecule has 0 radical (unpaired) electrons. The smallest absolute Gasteiger partial charge is 0.128 e. The zero-order valence-corrected chi connectivity index (χ0v) is 13.3. The van der Waals surface area contributed by atoms with E-state index in [1.807, 2.05) is 6.20 Å². The molecule has 0 aliphatic heterocycles. The van der Waals surface area contributed by atoms with E-state index in [0.29, 0.717) is 18.0 Å². The van der Waals surface area contributed by atoms with Crippen molar-refractivity contribution in [1.29, 1.82) is 0 Å². The van der Waals surface area contributed by atoms with E-state index >= 15 is 0 Å². The van der Waals surface area contributed by atoms with Gasteiger partial charge in [-0.3, -0.25) is 0 Å². The van der Waals surface area contributed by atoms with E-state index in [9.17, 15) is 0 Å². The van der Waals surface area contributed by atoms with Crippen LogP contribution in [0.2, 0.25) is 0 Å². The van der Waals surface area contributed by atoms with Gasteiger partial charge in [-0.15, -0.1) is 0 Å². The average molecular weight is 263 g/mol. The molecule has 0 saturated heterocycles. The maximum Gasteiger partial charge on any atom is 0.128 e. The summed E-state index contributed by atoms with van der Waals surface area (Å²) < 4.78 is 0. The average Bonchev–Trinajstić information content (AvgIpc) is 2.37. The Morgan fingerprint density at radius 3 is 2.53 bits per heavy atom. The number of hydrogen-bond donors (Lipinski definition) is 1. The Morgan fingerprint density at radius 1 is 1.26 bits per heavy atom. The van der Waals surface area contributed by atoms with E-state index < -0.39 is 0 Å². The zero-order valence-electron chi connectivity index (χ0n) is 13.3. The van der Waals surface area contributed by atoms with Crippen LogP contribution in [-0.2, 0) is 0 Å². The normalized spacial score (nSPS) is 14.5. The standard InChI is InChI=1S/C16H29N3/c1-7-17-14(5)15-8-9-18-16(11-15)19(6)13(4)10-12(2)3/h8-9,11-14,17H,7,10H2,1-6H3. The van der Waals surface area contributed by atoms with Crippen LogP contribution in [0.1, 0.15) is 52.6 Å². The number of pyridine rings is 1. The van der Waals surface area contributed by atoms with Crippen LogP contribution in [0.3, 0.4) is 0 Å². The van der Waals surface area contributed by atoms with Crippen LogP contribution in [0.4, 0.5) is 5.82 Å². The first-order valence-corrected chi connectivity index (χ1v) is 7.37. The van der Waals surface area contributed by atoms with Gasteiger partial charge in [-0.1, -0.05) is 20.8 Å².